The highest BCUT2D eigenvalue weighted by molar-refractivity contribution is 5.90. The number of esters is 2. The molecule has 2 atom stereocenters. The number of rotatable bonds is 6. The Morgan fingerprint density at radius 3 is 2.44 bits per heavy atom. The van der Waals surface area contributed by atoms with Crippen molar-refractivity contribution in [3.05, 3.63) is 71.4 Å². The normalized spacial score (nSPS) is 17.4. The molecule has 0 fully saturated rings. The molecule has 8 heteroatoms. The van der Waals surface area contributed by atoms with Gasteiger partial charge < -0.3 is 24.7 Å². The molecule has 0 bridgehead atoms. The Hall–Kier alpha value is -3.81. The Morgan fingerprint density at radius 2 is 1.75 bits per heavy atom. The van der Waals surface area contributed by atoms with Crippen molar-refractivity contribution in [2.24, 2.45) is 0 Å². The minimum Gasteiger partial charge on any atom is -0.466 e. The maximum atomic E-state index is 13.7. The topological polar surface area (TPSA) is 101 Å². The van der Waals surface area contributed by atoms with Gasteiger partial charge in [0.15, 0.2) is 0 Å². The second-order valence-corrected chi connectivity index (χ2v) is 9.89. The van der Waals surface area contributed by atoms with Crippen molar-refractivity contribution in [2.75, 3.05) is 6.61 Å². The first-order valence-electron chi connectivity index (χ1n) is 12.3. The molecule has 190 valence electrons. The summed E-state index contributed by atoms with van der Waals surface area (Å²) >= 11 is 0. The van der Waals surface area contributed by atoms with Gasteiger partial charge in [-0.1, -0.05) is 48.5 Å². The van der Waals surface area contributed by atoms with Gasteiger partial charge in [0.25, 0.3) is 0 Å². The minimum absolute atomic E-state index is 0.0916. The average Bonchev–Trinajstić information content (AvgIpc) is 3.21. The fourth-order valence-electron chi connectivity index (χ4n) is 4.67. The Morgan fingerprint density at radius 1 is 1.06 bits per heavy atom. The molecule has 0 radical (unpaired) electrons. The van der Waals surface area contributed by atoms with E-state index in [1.165, 1.54) is 4.90 Å². The zero-order valence-electron chi connectivity index (χ0n) is 21.2. The number of hydrogen-bond acceptors (Lipinski definition) is 5. The second kappa shape index (κ2) is 10.4. The van der Waals surface area contributed by atoms with Crippen molar-refractivity contribution >= 4 is 28.9 Å². The molecule has 0 unspecified atom stereocenters. The van der Waals surface area contributed by atoms with Gasteiger partial charge >= 0.3 is 18.0 Å². The number of carbonyl (C=O) groups is 3. The largest absolute Gasteiger partial charge is 0.466 e. The van der Waals surface area contributed by atoms with Gasteiger partial charge in [-0.2, -0.15) is 0 Å². The zero-order valence-corrected chi connectivity index (χ0v) is 21.2. The van der Waals surface area contributed by atoms with Crippen LogP contribution in [0.2, 0.25) is 0 Å². The molecular weight excluding hydrogens is 458 g/mol. The number of aromatic amines is 1. The van der Waals surface area contributed by atoms with E-state index in [-0.39, 0.29) is 26.0 Å². The van der Waals surface area contributed by atoms with Crippen molar-refractivity contribution < 1.29 is 23.9 Å². The summed E-state index contributed by atoms with van der Waals surface area (Å²) in [5.74, 6) is -0.958. The first kappa shape index (κ1) is 25.3. The summed E-state index contributed by atoms with van der Waals surface area (Å²) in [7, 11) is 0. The average molecular weight is 492 g/mol. The van der Waals surface area contributed by atoms with Gasteiger partial charge in [0.2, 0.25) is 0 Å². The first-order valence-corrected chi connectivity index (χ1v) is 12.3. The number of urea groups is 1. The highest BCUT2D eigenvalue weighted by Crippen LogP contribution is 2.40. The van der Waals surface area contributed by atoms with Gasteiger partial charge in [0, 0.05) is 29.6 Å². The van der Waals surface area contributed by atoms with E-state index in [2.05, 4.69) is 10.3 Å². The summed E-state index contributed by atoms with van der Waals surface area (Å²) < 4.78 is 11.0. The maximum Gasteiger partial charge on any atom is 0.329 e. The van der Waals surface area contributed by atoms with Crippen LogP contribution in [-0.4, -0.2) is 46.1 Å². The number of para-hydroxylation sites is 1. The molecule has 2 aromatic carbocycles. The molecule has 2 heterocycles. The van der Waals surface area contributed by atoms with E-state index in [9.17, 15) is 14.4 Å². The smallest absolute Gasteiger partial charge is 0.329 e. The molecule has 1 aliphatic rings. The summed E-state index contributed by atoms with van der Waals surface area (Å²) in [6, 6.07) is 15.2. The molecule has 2 N–H and O–H groups in total. The number of amides is 2. The van der Waals surface area contributed by atoms with Crippen LogP contribution in [0, 0.1) is 0 Å². The molecule has 8 nitrogen and oxygen atoms in total. The van der Waals surface area contributed by atoms with Crippen LogP contribution in [0.1, 0.15) is 57.0 Å². The van der Waals surface area contributed by atoms with Gasteiger partial charge in [0.05, 0.1) is 19.1 Å². The lowest BCUT2D eigenvalue weighted by Gasteiger charge is -2.41. The highest BCUT2D eigenvalue weighted by Gasteiger charge is 2.45. The van der Waals surface area contributed by atoms with Gasteiger partial charge in [-0.05, 0) is 44.9 Å². The van der Waals surface area contributed by atoms with E-state index in [1.807, 2.05) is 54.6 Å². The van der Waals surface area contributed by atoms with Gasteiger partial charge in [0.1, 0.15) is 11.6 Å². The van der Waals surface area contributed by atoms with Crippen LogP contribution in [0.5, 0.6) is 0 Å². The number of nitrogens with one attached hydrogen (secondary N) is 2. The third kappa shape index (κ3) is 5.53. The Bertz CT molecular complexity index is 1250. The molecule has 1 aliphatic heterocycles. The highest BCUT2D eigenvalue weighted by atomic mass is 16.6. The molecule has 1 aromatic heterocycles. The first-order chi connectivity index (χ1) is 17.2. The number of nitrogens with zero attached hydrogens (tertiary/aromatic N) is 1. The van der Waals surface area contributed by atoms with Crippen LogP contribution in [0.15, 0.2) is 54.6 Å². The molecular formula is C28H33N3O5. The van der Waals surface area contributed by atoms with Gasteiger partial charge in [-0.3, -0.25) is 4.79 Å². The maximum absolute atomic E-state index is 13.7. The van der Waals surface area contributed by atoms with Crippen molar-refractivity contribution in [1.29, 1.82) is 0 Å². The fourth-order valence-corrected chi connectivity index (χ4v) is 4.67. The summed E-state index contributed by atoms with van der Waals surface area (Å²) in [5.41, 5.74) is 2.71. The molecule has 36 heavy (non-hydrogen) atoms. The predicted molar refractivity (Wildman–Crippen MR) is 136 cm³/mol. The number of H-pyrrole nitrogens is 1. The number of benzene rings is 2. The van der Waals surface area contributed by atoms with E-state index in [0.717, 1.165) is 27.7 Å². The summed E-state index contributed by atoms with van der Waals surface area (Å²) in [4.78, 5) is 44.7. The Labute approximate surface area is 211 Å². The van der Waals surface area contributed by atoms with E-state index in [4.69, 9.17) is 9.47 Å². The molecule has 0 aliphatic carbocycles. The van der Waals surface area contributed by atoms with Crippen LogP contribution in [0.4, 0.5) is 4.79 Å². The van der Waals surface area contributed by atoms with E-state index >= 15 is 0 Å². The summed E-state index contributed by atoms with van der Waals surface area (Å²) in [5, 5.41) is 3.89. The van der Waals surface area contributed by atoms with Crippen LogP contribution in [0.25, 0.3) is 10.9 Å². The molecule has 2 amide bonds. The number of fused-ring (bicyclic) bond motifs is 3. The standard InChI is InChI=1S/C28H33N3O5/c1-5-35-24(32)16-22-25-20(19-13-9-10-14-21(19)30-25)15-23(26(33)36-28(2,3)4)31(22)27(34)29-17-18-11-7-6-8-12-18/h6-14,22-23,30H,5,15-17H2,1-4H3,(H,29,34)/t22-,23+/m1/s1. The molecule has 0 spiro atoms. The van der Waals surface area contributed by atoms with E-state index in [0.29, 0.717) is 0 Å². The number of ether oxygens (including phenoxy) is 2. The molecule has 0 saturated heterocycles. The molecule has 3 aromatic rings. The lowest BCUT2D eigenvalue weighted by Crippen LogP contribution is -2.56. The lowest BCUT2D eigenvalue weighted by atomic mass is 9.90. The van der Waals surface area contributed by atoms with Gasteiger partial charge in [-0.25, -0.2) is 9.59 Å². The monoisotopic (exact) mass is 491 g/mol. The second-order valence-electron chi connectivity index (χ2n) is 9.89. The van der Waals surface area contributed by atoms with Crippen molar-refractivity contribution in [3.63, 3.8) is 0 Å². The minimum atomic E-state index is -0.911. The SMILES string of the molecule is CCOC(=O)C[C@@H]1c2[nH]c3ccccc3c2C[C@@H](C(=O)OC(C)(C)C)N1C(=O)NCc1ccccc1. The summed E-state index contributed by atoms with van der Waals surface area (Å²) in [6.07, 6.45) is 0.179. The summed E-state index contributed by atoms with van der Waals surface area (Å²) in [6.45, 7) is 7.62. The molecule has 4 rings (SSSR count). The Kier molecular flexibility index (Phi) is 7.33. The molecule has 0 saturated carbocycles. The van der Waals surface area contributed by atoms with Crippen LogP contribution < -0.4 is 5.32 Å². The third-order valence-electron chi connectivity index (χ3n) is 6.11. The van der Waals surface area contributed by atoms with Crippen LogP contribution in [-0.2, 0) is 32.0 Å². The fraction of sp³-hybridized carbons (Fsp3) is 0.393. The zero-order chi connectivity index (χ0) is 25.9. The van der Waals surface area contributed by atoms with E-state index < -0.39 is 35.7 Å². The van der Waals surface area contributed by atoms with Crippen LogP contribution >= 0.6 is 0 Å². The quantitative estimate of drug-likeness (QED) is 0.489. The number of aromatic nitrogens is 1. The van der Waals surface area contributed by atoms with Gasteiger partial charge in [-0.15, -0.1) is 0 Å². The van der Waals surface area contributed by atoms with Crippen molar-refractivity contribution in [2.45, 2.75) is 64.8 Å². The lowest BCUT2D eigenvalue weighted by molar-refractivity contribution is -0.162. The Balaban J connectivity index is 1.76. The number of hydrogen-bond donors (Lipinski definition) is 2. The predicted octanol–water partition coefficient (Wildman–Crippen LogP) is 4.64. The van der Waals surface area contributed by atoms with Crippen molar-refractivity contribution in [3.8, 4) is 0 Å². The van der Waals surface area contributed by atoms with Crippen LogP contribution in [0.3, 0.4) is 0 Å². The number of carbonyl (C=O) groups excluding carboxylic acids is 3. The van der Waals surface area contributed by atoms with E-state index in [1.54, 1.807) is 27.7 Å². The van der Waals surface area contributed by atoms with Crippen molar-refractivity contribution in [1.82, 2.24) is 15.2 Å². The third-order valence-corrected chi connectivity index (χ3v) is 6.11.